The first-order valence-corrected chi connectivity index (χ1v) is 3.71. The van der Waals surface area contributed by atoms with Crippen LogP contribution in [-0.2, 0) is 6.32 Å². The van der Waals surface area contributed by atoms with Gasteiger partial charge in [0.2, 0.25) is 0 Å². The molecule has 0 saturated carbocycles. The Labute approximate surface area is 61.6 Å². The average Bonchev–Trinajstić information content (AvgIpc) is 2.27. The number of rotatable bonds is 0. The van der Waals surface area contributed by atoms with Crippen LogP contribution in [0.25, 0.3) is 0 Å². The summed E-state index contributed by atoms with van der Waals surface area (Å²) in [4.78, 5) is 0. The number of hydrogen-bond donors (Lipinski definition) is 1. The summed E-state index contributed by atoms with van der Waals surface area (Å²) in [5, 5.41) is 3.40. The number of para-hydroxylation sites is 1. The largest absolute Gasteiger partial charge is 0.428 e. The fraction of sp³-hybridized carbons (Fsp3) is 0.250. The van der Waals surface area contributed by atoms with Crippen LogP contribution in [0, 0.1) is 0 Å². The summed E-state index contributed by atoms with van der Waals surface area (Å²) in [6.45, 7) is 2.83. The molecule has 10 heavy (non-hydrogen) atoms. The zero-order chi connectivity index (χ0) is 6.97. The van der Waals surface area contributed by atoms with Crippen molar-refractivity contribution in [3.63, 3.8) is 0 Å². The van der Waals surface area contributed by atoms with Crippen molar-refractivity contribution in [2.45, 2.75) is 13.1 Å². The highest BCUT2D eigenvalue weighted by Gasteiger charge is 2.18. The summed E-state index contributed by atoms with van der Waals surface area (Å²) < 4.78 is 0. The van der Waals surface area contributed by atoms with E-state index in [4.69, 9.17) is 0 Å². The maximum absolute atomic E-state index is 3.40. The molecule has 0 saturated heterocycles. The minimum absolute atomic E-state index is 0.623. The van der Waals surface area contributed by atoms with Crippen molar-refractivity contribution in [1.82, 2.24) is 0 Å². The molecule has 0 aromatic heterocycles. The Hall–Kier alpha value is -0.915. The molecule has 0 fully saturated rings. The van der Waals surface area contributed by atoms with E-state index in [0.717, 1.165) is 0 Å². The van der Waals surface area contributed by atoms with E-state index in [9.17, 15) is 0 Å². The lowest BCUT2D eigenvalue weighted by Gasteiger charge is -1.97. The number of anilines is 1. The lowest BCUT2D eigenvalue weighted by atomic mass is 9.63. The van der Waals surface area contributed by atoms with Gasteiger partial charge in [0, 0.05) is 5.69 Å². The van der Waals surface area contributed by atoms with Gasteiger partial charge in [-0.2, -0.15) is 0 Å². The summed E-state index contributed by atoms with van der Waals surface area (Å²) in [5.74, 6) is 0. The average molecular weight is 131 g/mol. The highest BCUT2D eigenvalue weighted by molar-refractivity contribution is 6.62. The van der Waals surface area contributed by atoms with E-state index in [1.165, 1.54) is 17.6 Å². The second-order valence-corrected chi connectivity index (χ2v) is 2.91. The van der Waals surface area contributed by atoms with E-state index in [-0.39, 0.29) is 0 Å². The highest BCUT2D eigenvalue weighted by atomic mass is 14.8. The zero-order valence-electron chi connectivity index (χ0n) is 6.09. The molecule has 1 N–H and O–H groups in total. The molecule has 1 heterocycles. The Balaban J connectivity index is 2.42. The first-order valence-electron chi connectivity index (χ1n) is 3.71. The van der Waals surface area contributed by atoms with Gasteiger partial charge in [-0.25, -0.2) is 0 Å². The SMILES string of the molecule is CB1Cc2ccccc2N1. The number of benzene rings is 1. The fourth-order valence-corrected chi connectivity index (χ4v) is 1.49. The molecule has 0 spiro atoms. The molecular weight excluding hydrogens is 121 g/mol. The van der Waals surface area contributed by atoms with Gasteiger partial charge in [0.1, 0.15) is 0 Å². The molecule has 2 heteroatoms. The summed E-state index contributed by atoms with van der Waals surface area (Å²) in [5.41, 5.74) is 2.77. The first-order chi connectivity index (χ1) is 4.86. The van der Waals surface area contributed by atoms with E-state index in [1.807, 2.05) is 0 Å². The van der Waals surface area contributed by atoms with Gasteiger partial charge in [-0.3, -0.25) is 0 Å². The van der Waals surface area contributed by atoms with Crippen LogP contribution >= 0.6 is 0 Å². The third-order valence-electron chi connectivity index (χ3n) is 1.95. The standard InChI is InChI=1S/C8H10BN/c1-9-6-7-4-2-3-5-8(7)10-9/h2-5,10H,6H2,1H3. The maximum atomic E-state index is 3.40. The molecule has 0 unspecified atom stereocenters. The maximum Gasteiger partial charge on any atom is 0.252 e. The second kappa shape index (κ2) is 2.05. The normalized spacial score (nSPS) is 14.7. The molecule has 1 aliphatic rings. The van der Waals surface area contributed by atoms with Crippen LogP contribution in [0.5, 0.6) is 0 Å². The van der Waals surface area contributed by atoms with Crippen LogP contribution in [0.2, 0.25) is 6.82 Å². The van der Waals surface area contributed by atoms with Crippen LogP contribution in [-0.4, -0.2) is 6.85 Å². The van der Waals surface area contributed by atoms with Gasteiger partial charge in [-0.15, -0.1) is 0 Å². The lowest BCUT2D eigenvalue weighted by Crippen LogP contribution is -2.15. The van der Waals surface area contributed by atoms with Crippen LogP contribution < -0.4 is 5.23 Å². The Morgan fingerprint density at radius 2 is 2.20 bits per heavy atom. The van der Waals surface area contributed by atoms with Crippen molar-refractivity contribution in [3.05, 3.63) is 29.8 Å². The Kier molecular flexibility index (Phi) is 1.19. The van der Waals surface area contributed by atoms with Crippen LogP contribution in [0.3, 0.4) is 0 Å². The van der Waals surface area contributed by atoms with Crippen molar-refractivity contribution in [1.29, 1.82) is 0 Å². The Bertz CT molecular complexity index is 222. The van der Waals surface area contributed by atoms with E-state index in [0.29, 0.717) is 6.85 Å². The third kappa shape index (κ3) is 0.802. The van der Waals surface area contributed by atoms with Crippen molar-refractivity contribution in [3.8, 4) is 0 Å². The quantitative estimate of drug-likeness (QED) is 0.529. The van der Waals surface area contributed by atoms with Crippen molar-refractivity contribution in [2.75, 3.05) is 5.23 Å². The van der Waals surface area contributed by atoms with E-state index >= 15 is 0 Å². The zero-order valence-corrected chi connectivity index (χ0v) is 6.09. The smallest absolute Gasteiger partial charge is 0.252 e. The van der Waals surface area contributed by atoms with Crippen molar-refractivity contribution >= 4 is 12.5 Å². The van der Waals surface area contributed by atoms with Crippen LogP contribution in [0.4, 0.5) is 5.69 Å². The van der Waals surface area contributed by atoms with Gasteiger partial charge in [0.05, 0.1) is 0 Å². The molecular formula is C8H10BN. The van der Waals surface area contributed by atoms with E-state index < -0.39 is 0 Å². The molecule has 1 aromatic rings. The summed E-state index contributed by atoms with van der Waals surface area (Å²) in [6.07, 6.45) is 1.18. The van der Waals surface area contributed by atoms with Gasteiger partial charge in [0.25, 0.3) is 6.85 Å². The molecule has 0 aliphatic carbocycles. The number of hydrogen-bond acceptors (Lipinski definition) is 1. The van der Waals surface area contributed by atoms with Crippen molar-refractivity contribution < 1.29 is 0 Å². The van der Waals surface area contributed by atoms with Crippen molar-refractivity contribution in [2.24, 2.45) is 0 Å². The van der Waals surface area contributed by atoms with Gasteiger partial charge in [-0.05, 0) is 17.9 Å². The van der Waals surface area contributed by atoms with Crippen LogP contribution in [0.1, 0.15) is 5.56 Å². The highest BCUT2D eigenvalue weighted by Crippen LogP contribution is 2.22. The molecule has 1 nitrogen and oxygen atoms in total. The molecule has 0 bridgehead atoms. The van der Waals surface area contributed by atoms with Gasteiger partial charge >= 0.3 is 0 Å². The molecule has 0 atom stereocenters. The Morgan fingerprint density at radius 3 is 3.00 bits per heavy atom. The molecule has 0 amide bonds. The van der Waals surface area contributed by atoms with E-state index in [1.54, 1.807) is 0 Å². The Morgan fingerprint density at radius 1 is 1.40 bits per heavy atom. The summed E-state index contributed by atoms with van der Waals surface area (Å²) in [7, 11) is 0. The topological polar surface area (TPSA) is 12.0 Å². The molecule has 2 rings (SSSR count). The molecule has 1 aliphatic heterocycles. The number of nitrogens with one attached hydrogen (secondary N) is 1. The van der Waals surface area contributed by atoms with Gasteiger partial charge in [0.15, 0.2) is 0 Å². The summed E-state index contributed by atoms with van der Waals surface area (Å²) >= 11 is 0. The minimum Gasteiger partial charge on any atom is -0.428 e. The van der Waals surface area contributed by atoms with E-state index in [2.05, 4.69) is 36.3 Å². The molecule has 1 aromatic carbocycles. The van der Waals surface area contributed by atoms with Crippen LogP contribution in [0.15, 0.2) is 24.3 Å². The number of fused-ring (bicyclic) bond motifs is 1. The van der Waals surface area contributed by atoms with Gasteiger partial charge in [-0.1, -0.05) is 25.0 Å². The minimum atomic E-state index is 0.623. The predicted molar refractivity (Wildman–Crippen MR) is 45.4 cm³/mol. The monoisotopic (exact) mass is 131 g/mol. The predicted octanol–water partition coefficient (Wildman–Crippen LogP) is 1.82. The van der Waals surface area contributed by atoms with Gasteiger partial charge < -0.3 is 5.23 Å². The molecule has 50 valence electrons. The molecule has 0 radical (unpaired) electrons. The first kappa shape index (κ1) is 5.84. The fourth-order valence-electron chi connectivity index (χ4n) is 1.49. The second-order valence-electron chi connectivity index (χ2n) is 2.91. The lowest BCUT2D eigenvalue weighted by molar-refractivity contribution is 1.43. The summed E-state index contributed by atoms with van der Waals surface area (Å²) in [6, 6.07) is 8.49. The third-order valence-corrected chi connectivity index (χ3v) is 1.95.